The molecule has 104 valence electrons. The largest absolute Gasteiger partial charge is 0.489 e. The summed E-state index contributed by atoms with van der Waals surface area (Å²) in [7, 11) is 0. The van der Waals surface area contributed by atoms with Gasteiger partial charge >= 0.3 is 5.97 Å². The highest BCUT2D eigenvalue weighted by Crippen LogP contribution is 2.40. The number of rotatable bonds is 2. The monoisotopic (exact) mass is 295 g/mol. The lowest BCUT2D eigenvalue weighted by Gasteiger charge is -2.10. The van der Waals surface area contributed by atoms with Gasteiger partial charge in [0.1, 0.15) is 5.69 Å². The number of aromatic carboxylic acids is 1. The molecule has 6 nitrogen and oxygen atoms in total. The number of benzene rings is 1. The molecule has 2 heterocycles. The number of carboxylic acid groups (broad SMARTS) is 1. The van der Waals surface area contributed by atoms with Crippen molar-refractivity contribution in [1.29, 1.82) is 0 Å². The Kier molecular flexibility index (Phi) is 3.23. The van der Waals surface area contributed by atoms with E-state index in [1.165, 1.54) is 6.07 Å². The molecule has 0 amide bonds. The van der Waals surface area contributed by atoms with Crippen LogP contribution in [0.4, 0.5) is 0 Å². The van der Waals surface area contributed by atoms with Crippen molar-refractivity contribution in [1.82, 2.24) is 5.16 Å². The average molecular weight is 296 g/mol. The highest BCUT2D eigenvalue weighted by Gasteiger charge is 2.19. The zero-order valence-electron chi connectivity index (χ0n) is 10.3. The average Bonchev–Trinajstić information content (AvgIpc) is 2.79. The highest BCUT2D eigenvalue weighted by molar-refractivity contribution is 6.32. The van der Waals surface area contributed by atoms with E-state index < -0.39 is 5.97 Å². The maximum Gasteiger partial charge on any atom is 0.374 e. The van der Waals surface area contributed by atoms with Gasteiger partial charge in [-0.3, -0.25) is 0 Å². The molecule has 1 aromatic heterocycles. The van der Waals surface area contributed by atoms with Gasteiger partial charge in [0.25, 0.3) is 0 Å². The maximum absolute atomic E-state index is 10.8. The molecule has 0 spiro atoms. The zero-order valence-corrected chi connectivity index (χ0v) is 11.0. The first kappa shape index (κ1) is 12.8. The molecule has 0 saturated heterocycles. The van der Waals surface area contributed by atoms with Crippen LogP contribution in [0, 0.1) is 0 Å². The molecule has 7 heteroatoms. The van der Waals surface area contributed by atoms with E-state index in [9.17, 15) is 4.79 Å². The van der Waals surface area contributed by atoms with Crippen LogP contribution in [-0.2, 0) is 0 Å². The summed E-state index contributed by atoms with van der Waals surface area (Å²) >= 11 is 6.16. The van der Waals surface area contributed by atoms with Crippen molar-refractivity contribution in [3.8, 4) is 22.8 Å². The summed E-state index contributed by atoms with van der Waals surface area (Å²) in [5, 5.41) is 12.9. The number of aromatic nitrogens is 1. The van der Waals surface area contributed by atoms with Crippen molar-refractivity contribution in [3.05, 3.63) is 29.0 Å². The Bertz CT molecular complexity index is 667. The van der Waals surface area contributed by atoms with Crippen molar-refractivity contribution in [2.75, 3.05) is 13.2 Å². The SMILES string of the molecule is O=C(O)c1cc(-c2cc(Cl)c3c(c2)OCCCO3)no1. The third kappa shape index (κ3) is 2.30. The molecular formula is C13H10ClNO5. The fraction of sp³-hybridized carbons (Fsp3) is 0.231. The topological polar surface area (TPSA) is 81.8 Å². The number of hydrogen-bond acceptors (Lipinski definition) is 5. The van der Waals surface area contributed by atoms with Gasteiger partial charge in [0.05, 0.1) is 18.2 Å². The zero-order chi connectivity index (χ0) is 14.1. The Balaban J connectivity index is 2.03. The smallest absolute Gasteiger partial charge is 0.374 e. The van der Waals surface area contributed by atoms with Gasteiger partial charge in [-0.25, -0.2) is 4.79 Å². The molecule has 3 rings (SSSR count). The molecule has 1 N–H and O–H groups in total. The van der Waals surface area contributed by atoms with E-state index in [4.69, 9.17) is 30.7 Å². The van der Waals surface area contributed by atoms with Crippen LogP contribution in [0.3, 0.4) is 0 Å². The fourth-order valence-electron chi connectivity index (χ4n) is 1.89. The van der Waals surface area contributed by atoms with Crippen LogP contribution in [0.15, 0.2) is 22.7 Å². The van der Waals surface area contributed by atoms with Gasteiger partial charge in [0.15, 0.2) is 11.5 Å². The molecular weight excluding hydrogens is 286 g/mol. The Morgan fingerprint density at radius 1 is 1.25 bits per heavy atom. The lowest BCUT2D eigenvalue weighted by molar-refractivity contribution is 0.0652. The minimum atomic E-state index is -1.18. The van der Waals surface area contributed by atoms with Gasteiger partial charge in [-0.05, 0) is 12.1 Å². The van der Waals surface area contributed by atoms with Crippen molar-refractivity contribution in [2.45, 2.75) is 6.42 Å². The highest BCUT2D eigenvalue weighted by atomic mass is 35.5. The quantitative estimate of drug-likeness (QED) is 0.917. The van der Waals surface area contributed by atoms with Gasteiger partial charge in [-0.15, -0.1) is 0 Å². The summed E-state index contributed by atoms with van der Waals surface area (Å²) in [6, 6.07) is 4.67. The normalized spacial score (nSPS) is 13.8. The number of fused-ring (bicyclic) bond motifs is 1. The second-order valence-electron chi connectivity index (χ2n) is 4.22. The van der Waals surface area contributed by atoms with Crippen LogP contribution in [0.1, 0.15) is 17.0 Å². The second kappa shape index (κ2) is 5.05. The summed E-state index contributed by atoms with van der Waals surface area (Å²) in [5.74, 6) is -0.396. The van der Waals surface area contributed by atoms with Crippen LogP contribution in [-0.4, -0.2) is 29.4 Å². The lowest BCUT2D eigenvalue weighted by atomic mass is 10.1. The number of carbonyl (C=O) groups is 1. The predicted octanol–water partition coefficient (Wildman–Crippen LogP) is 2.85. The number of carboxylic acids is 1. The number of hydrogen-bond donors (Lipinski definition) is 1. The first-order chi connectivity index (χ1) is 9.65. The fourth-order valence-corrected chi connectivity index (χ4v) is 2.16. The summed E-state index contributed by atoms with van der Waals surface area (Å²) in [5.41, 5.74) is 0.982. The molecule has 0 aliphatic carbocycles. The summed E-state index contributed by atoms with van der Waals surface area (Å²) < 4.78 is 15.8. The third-order valence-corrected chi connectivity index (χ3v) is 3.10. The van der Waals surface area contributed by atoms with Crippen LogP contribution < -0.4 is 9.47 Å². The Labute approximate surface area is 118 Å². The Morgan fingerprint density at radius 2 is 2.05 bits per heavy atom. The van der Waals surface area contributed by atoms with E-state index in [-0.39, 0.29) is 5.76 Å². The molecule has 1 aliphatic rings. The second-order valence-corrected chi connectivity index (χ2v) is 4.62. The van der Waals surface area contributed by atoms with Crippen molar-refractivity contribution >= 4 is 17.6 Å². The Morgan fingerprint density at radius 3 is 2.80 bits per heavy atom. The molecule has 1 aromatic carbocycles. The maximum atomic E-state index is 10.8. The van der Waals surface area contributed by atoms with Crippen molar-refractivity contribution < 1.29 is 23.9 Å². The van der Waals surface area contributed by atoms with Crippen LogP contribution in [0.2, 0.25) is 5.02 Å². The molecule has 2 aromatic rings. The molecule has 1 aliphatic heterocycles. The molecule has 0 fully saturated rings. The van der Waals surface area contributed by atoms with Crippen LogP contribution in [0.25, 0.3) is 11.3 Å². The van der Waals surface area contributed by atoms with Crippen LogP contribution >= 0.6 is 11.6 Å². The number of nitrogens with zero attached hydrogens (tertiary/aromatic N) is 1. The number of halogens is 1. The van der Waals surface area contributed by atoms with E-state index in [1.807, 2.05) is 0 Å². The van der Waals surface area contributed by atoms with E-state index in [2.05, 4.69) is 5.16 Å². The third-order valence-electron chi connectivity index (χ3n) is 2.82. The van der Waals surface area contributed by atoms with Gasteiger partial charge in [0.2, 0.25) is 5.76 Å². The van der Waals surface area contributed by atoms with E-state index >= 15 is 0 Å². The first-order valence-electron chi connectivity index (χ1n) is 5.94. The van der Waals surface area contributed by atoms with Gasteiger partial charge in [-0.2, -0.15) is 0 Å². The molecule has 0 radical (unpaired) electrons. The van der Waals surface area contributed by atoms with Gasteiger partial charge in [-0.1, -0.05) is 16.8 Å². The minimum absolute atomic E-state index is 0.233. The molecule has 0 atom stereocenters. The summed E-state index contributed by atoms with van der Waals surface area (Å²) in [6.07, 6.45) is 0.771. The van der Waals surface area contributed by atoms with E-state index in [0.29, 0.717) is 41.0 Å². The van der Waals surface area contributed by atoms with E-state index in [1.54, 1.807) is 12.1 Å². The van der Waals surface area contributed by atoms with Crippen molar-refractivity contribution in [2.24, 2.45) is 0 Å². The van der Waals surface area contributed by atoms with Gasteiger partial charge < -0.3 is 19.1 Å². The van der Waals surface area contributed by atoms with E-state index in [0.717, 1.165) is 6.42 Å². The molecule has 0 bridgehead atoms. The van der Waals surface area contributed by atoms with Crippen molar-refractivity contribution in [3.63, 3.8) is 0 Å². The lowest BCUT2D eigenvalue weighted by Crippen LogP contribution is -1.97. The number of ether oxygens (including phenoxy) is 2. The standard InChI is InChI=1S/C13H10ClNO5/c14-8-4-7(9-6-11(13(16)17)20-15-9)5-10-12(8)19-3-1-2-18-10/h4-6H,1-3H2,(H,16,17). The summed E-state index contributed by atoms with van der Waals surface area (Å²) in [4.78, 5) is 10.8. The predicted molar refractivity (Wildman–Crippen MR) is 69.5 cm³/mol. The van der Waals surface area contributed by atoms with Gasteiger partial charge in [0, 0.05) is 18.1 Å². The Hall–Kier alpha value is -2.21. The first-order valence-corrected chi connectivity index (χ1v) is 6.32. The molecule has 0 unspecified atom stereocenters. The summed E-state index contributed by atoms with van der Waals surface area (Å²) in [6.45, 7) is 1.07. The molecule has 20 heavy (non-hydrogen) atoms. The molecule has 0 saturated carbocycles. The minimum Gasteiger partial charge on any atom is -0.489 e. The van der Waals surface area contributed by atoms with Crippen LogP contribution in [0.5, 0.6) is 11.5 Å².